The molecule has 0 aliphatic carbocycles. The number of hydrogen-bond acceptors (Lipinski definition) is 5. The molecule has 1 amide bonds. The number of aromatic nitrogens is 3. The van der Waals surface area contributed by atoms with Crippen LogP contribution >= 0.6 is 11.6 Å². The standard InChI is InChI=1S/C20H20ClFN4O3/c1-28-16-8-6-12(10-17(16)29-2)7-9-18-23-20(26-25-18)24-19(27)11-13-14(21)4-3-5-15(13)22/h3-6,8,10H,7,9,11H2,1-2H3,(H2,23,24,25,26,27). The number of rotatable bonds is 8. The van der Waals surface area contributed by atoms with Crippen molar-refractivity contribution >= 4 is 23.5 Å². The van der Waals surface area contributed by atoms with Crippen LogP contribution in [0.2, 0.25) is 5.02 Å². The van der Waals surface area contributed by atoms with Gasteiger partial charge in [0.15, 0.2) is 11.5 Å². The van der Waals surface area contributed by atoms with Crippen LogP contribution in [-0.4, -0.2) is 35.3 Å². The van der Waals surface area contributed by atoms with Crippen LogP contribution in [0.1, 0.15) is 17.0 Å². The van der Waals surface area contributed by atoms with Crippen molar-refractivity contribution in [3.63, 3.8) is 0 Å². The number of nitrogens with zero attached hydrogens (tertiary/aromatic N) is 2. The molecule has 2 aromatic carbocycles. The minimum atomic E-state index is -0.529. The number of halogens is 2. The van der Waals surface area contributed by atoms with Crippen LogP contribution < -0.4 is 14.8 Å². The third-order valence-corrected chi connectivity index (χ3v) is 4.63. The smallest absolute Gasteiger partial charge is 0.248 e. The van der Waals surface area contributed by atoms with Gasteiger partial charge in [-0.25, -0.2) is 4.39 Å². The molecule has 0 aliphatic heterocycles. The minimum absolute atomic E-state index is 0.129. The van der Waals surface area contributed by atoms with Crippen LogP contribution in [0.4, 0.5) is 10.3 Å². The van der Waals surface area contributed by atoms with E-state index in [1.165, 1.54) is 18.2 Å². The Kier molecular flexibility index (Phi) is 6.66. The van der Waals surface area contributed by atoms with E-state index < -0.39 is 11.7 Å². The van der Waals surface area contributed by atoms with Crippen molar-refractivity contribution in [3.05, 3.63) is 64.2 Å². The zero-order valence-electron chi connectivity index (χ0n) is 16.0. The Bertz CT molecular complexity index is 989. The van der Waals surface area contributed by atoms with Gasteiger partial charge in [0.1, 0.15) is 11.6 Å². The fourth-order valence-corrected chi connectivity index (χ4v) is 3.02. The molecule has 7 nitrogen and oxygen atoms in total. The molecular formula is C20H20ClFN4O3. The summed E-state index contributed by atoms with van der Waals surface area (Å²) in [5.41, 5.74) is 1.18. The fraction of sp³-hybridized carbons (Fsp3) is 0.250. The number of H-pyrrole nitrogens is 1. The van der Waals surface area contributed by atoms with Crippen molar-refractivity contribution < 1.29 is 18.7 Å². The molecule has 0 saturated carbocycles. The van der Waals surface area contributed by atoms with Gasteiger partial charge >= 0.3 is 0 Å². The zero-order valence-corrected chi connectivity index (χ0v) is 16.7. The van der Waals surface area contributed by atoms with Crippen LogP contribution in [0.3, 0.4) is 0 Å². The van der Waals surface area contributed by atoms with Gasteiger partial charge in [0.2, 0.25) is 11.9 Å². The third-order valence-electron chi connectivity index (χ3n) is 4.28. The lowest BCUT2D eigenvalue weighted by Gasteiger charge is -2.09. The van der Waals surface area contributed by atoms with Gasteiger partial charge in [-0.3, -0.25) is 15.2 Å². The number of aromatic amines is 1. The van der Waals surface area contributed by atoms with Gasteiger partial charge in [0.05, 0.1) is 20.6 Å². The summed E-state index contributed by atoms with van der Waals surface area (Å²) in [6, 6.07) is 9.96. The summed E-state index contributed by atoms with van der Waals surface area (Å²) in [6.45, 7) is 0. The second-order valence-corrected chi connectivity index (χ2v) is 6.63. The van der Waals surface area contributed by atoms with Crippen molar-refractivity contribution in [1.82, 2.24) is 15.2 Å². The van der Waals surface area contributed by atoms with E-state index in [0.29, 0.717) is 30.2 Å². The molecule has 0 aliphatic rings. The molecule has 0 unspecified atom stereocenters. The highest BCUT2D eigenvalue weighted by molar-refractivity contribution is 6.31. The Hall–Kier alpha value is -3.13. The highest BCUT2D eigenvalue weighted by atomic mass is 35.5. The van der Waals surface area contributed by atoms with E-state index in [0.717, 1.165) is 5.56 Å². The van der Waals surface area contributed by atoms with E-state index in [1.54, 1.807) is 14.2 Å². The Labute approximate surface area is 172 Å². The molecule has 1 aromatic heterocycles. The maximum atomic E-state index is 13.8. The molecule has 0 atom stereocenters. The number of anilines is 1. The van der Waals surface area contributed by atoms with Crippen LogP contribution in [-0.2, 0) is 24.1 Å². The monoisotopic (exact) mass is 418 g/mol. The lowest BCUT2D eigenvalue weighted by Crippen LogP contribution is -2.16. The molecular weight excluding hydrogens is 399 g/mol. The summed E-state index contributed by atoms with van der Waals surface area (Å²) in [4.78, 5) is 16.4. The maximum Gasteiger partial charge on any atom is 0.248 e. The van der Waals surface area contributed by atoms with E-state index in [9.17, 15) is 9.18 Å². The molecule has 0 bridgehead atoms. The first kappa shape index (κ1) is 20.6. The first-order valence-corrected chi connectivity index (χ1v) is 9.23. The van der Waals surface area contributed by atoms with Crippen LogP contribution in [0.15, 0.2) is 36.4 Å². The van der Waals surface area contributed by atoms with Crippen molar-refractivity contribution in [2.24, 2.45) is 0 Å². The molecule has 0 spiro atoms. The number of hydrogen-bond donors (Lipinski definition) is 2. The summed E-state index contributed by atoms with van der Waals surface area (Å²) < 4.78 is 24.3. The van der Waals surface area contributed by atoms with E-state index in [4.69, 9.17) is 21.1 Å². The Morgan fingerprint density at radius 2 is 1.97 bits per heavy atom. The highest BCUT2D eigenvalue weighted by Crippen LogP contribution is 2.28. The summed E-state index contributed by atoms with van der Waals surface area (Å²) in [7, 11) is 3.17. The molecule has 3 rings (SSSR count). The number of methoxy groups -OCH3 is 2. The van der Waals surface area contributed by atoms with Crippen molar-refractivity contribution in [2.45, 2.75) is 19.3 Å². The normalized spacial score (nSPS) is 10.6. The molecule has 0 saturated heterocycles. The van der Waals surface area contributed by atoms with Gasteiger partial charge in [-0.1, -0.05) is 23.7 Å². The van der Waals surface area contributed by atoms with Gasteiger partial charge in [-0.15, -0.1) is 5.10 Å². The number of ether oxygens (including phenoxy) is 2. The molecule has 1 heterocycles. The summed E-state index contributed by atoms with van der Waals surface area (Å²) in [6.07, 6.45) is 1.06. The average Bonchev–Trinajstić information content (AvgIpc) is 3.16. The number of aryl methyl sites for hydroxylation is 2. The quantitative estimate of drug-likeness (QED) is 0.583. The largest absolute Gasteiger partial charge is 0.493 e. The van der Waals surface area contributed by atoms with E-state index in [-0.39, 0.29) is 23.0 Å². The molecule has 29 heavy (non-hydrogen) atoms. The predicted octanol–water partition coefficient (Wildman–Crippen LogP) is 3.58. The van der Waals surface area contributed by atoms with Gasteiger partial charge in [0, 0.05) is 17.0 Å². The maximum absolute atomic E-state index is 13.8. The Morgan fingerprint density at radius 1 is 1.17 bits per heavy atom. The Morgan fingerprint density at radius 3 is 2.69 bits per heavy atom. The van der Waals surface area contributed by atoms with Crippen molar-refractivity contribution in [1.29, 1.82) is 0 Å². The molecule has 9 heteroatoms. The molecule has 0 fully saturated rings. The van der Waals surface area contributed by atoms with Gasteiger partial charge in [-0.05, 0) is 36.2 Å². The second kappa shape index (κ2) is 9.38. The second-order valence-electron chi connectivity index (χ2n) is 6.22. The summed E-state index contributed by atoms with van der Waals surface area (Å²) in [5, 5.41) is 9.51. The van der Waals surface area contributed by atoms with Crippen molar-refractivity contribution in [2.75, 3.05) is 19.5 Å². The first-order valence-electron chi connectivity index (χ1n) is 8.85. The van der Waals surface area contributed by atoms with Gasteiger partial charge in [0.25, 0.3) is 0 Å². The number of carbonyl (C=O) groups excluding carboxylic acids is 1. The number of nitrogens with one attached hydrogen (secondary N) is 2. The van der Waals surface area contributed by atoms with Crippen LogP contribution in [0, 0.1) is 5.82 Å². The number of benzene rings is 2. The third kappa shape index (κ3) is 5.23. The SMILES string of the molecule is COc1ccc(CCc2nc(NC(=O)Cc3c(F)cccc3Cl)n[nH]2)cc1OC. The first-order chi connectivity index (χ1) is 14.0. The minimum Gasteiger partial charge on any atom is -0.493 e. The average molecular weight is 419 g/mol. The van der Waals surface area contributed by atoms with E-state index >= 15 is 0 Å². The Balaban J connectivity index is 1.57. The predicted molar refractivity (Wildman–Crippen MR) is 107 cm³/mol. The summed E-state index contributed by atoms with van der Waals surface area (Å²) >= 11 is 5.95. The summed E-state index contributed by atoms with van der Waals surface area (Å²) in [5.74, 6) is 1.07. The zero-order chi connectivity index (χ0) is 20.8. The van der Waals surface area contributed by atoms with Crippen molar-refractivity contribution in [3.8, 4) is 11.5 Å². The molecule has 0 radical (unpaired) electrons. The van der Waals surface area contributed by atoms with Crippen LogP contribution in [0.25, 0.3) is 0 Å². The number of amides is 1. The molecule has 3 aromatic rings. The van der Waals surface area contributed by atoms with Crippen LogP contribution in [0.5, 0.6) is 11.5 Å². The lowest BCUT2D eigenvalue weighted by molar-refractivity contribution is -0.115. The number of carbonyl (C=O) groups is 1. The lowest BCUT2D eigenvalue weighted by atomic mass is 10.1. The van der Waals surface area contributed by atoms with Gasteiger partial charge in [-0.2, -0.15) is 4.98 Å². The van der Waals surface area contributed by atoms with E-state index in [2.05, 4.69) is 20.5 Å². The van der Waals surface area contributed by atoms with Gasteiger partial charge < -0.3 is 9.47 Å². The molecule has 2 N–H and O–H groups in total. The highest BCUT2D eigenvalue weighted by Gasteiger charge is 2.14. The molecule has 152 valence electrons. The van der Waals surface area contributed by atoms with E-state index in [1.807, 2.05) is 18.2 Å². The topological polar surface area (TPSA) is 89.1 Å². The fourth-order valence-electron chi connectivity index (χ4n) is 2.79.